The zero-order valence-corrected chi connectivity index (χ0v) is 15.9. The van der Waals surface area contributed by atoms with Gasteiger partial charge in [-0.25, -0.2) is 4.39 Å². The maximum absolute atomic E-state index is 13.7. The Morgan fingerprint density at radius 3 is 2.21 bits per heavy atom. The Labute approximate surface area is 165 Å². The first-order valence-corrected chi connectivity index (χ1v) is 9.51. The van der Waals surface area contributed by atoms with Gasteiger partial charge in [0.15, 0.2) is 0 Å². The van der Waals surface area contributed by atoms with Gasteiger partial charge < -0.3 is 10.0 Å². The van der Waals surface area contributed by atoms with Crippen LogP contribution in [0.15, 0.2) is 72.8 Å². The third-order valence-corrected chi connectivity index (χ3v) is 4.66. The van der Waals surface area contributed by atoms with Crippen LogP contribution in [0, 0.1) is 5.82 Å². The lowest BCUT2D eigenvalue weighted by atomic mass is 10.0. The molecule has 0 aliphatic heterocycles. The summed E-state index contributed by atoms with van der Waals surface area (Å²) in [5, 5.41) is 9.42. The molecule has 0 atom stereocenters. The Kier molecular flexibility index (Phi) is 6.43. The van der Waals surface area contributed by atoms with Crippen molar-refractivity contribution in [2.75, 3.05) is 4.90 Å². The Morgan fingerprint density at radius 1 is 0.964 bits per heavy atom. The van der Waals surface area contributed by atoms with Crippen LogP contribution in [-0.2, 0) is 11.3 Å². The normalized spacial score (nSPS) is 10.6. The molecule has 144 valence electrons. The highest BCUT2D eigenvalue weighted by molar-refractivity contribution is 5.93. The minimum Gasteiger partial charge on any atom is -0.508 e. The van der Waals surface area contributed by atoms with Gasteiger partial charge in [0.05, 0.1) is 6.54 Å². The minimum atomic E-state index is -0.353. The maximum atomic E-state index is 13.7. The van der Waals surface area contributed by atoms with Crippen molar-refractivity contribution in [3.8, 4) is 16.9 Å². The molecule has 0 saturated carbocycles. The Bertz CT molecular complexity index is 920. The summed E-state index contributed by atoms with van der Waals surface area (Å²) >= 11 is 0. The first-order chi connectivity index (χ1) is 13.6. The summed E-state index contributed by atoms with van der Waals surface area (Å²) in [7, 11) is 0. The van der Waals surface area contributed by atoms with E-state index in [9.17, 15) is 14.3 Å². The van der Waals surface area contributed by atoms with Crippen molar-refractivity contribution in [2.45, 2.75) is 32.7 Å². The zero-order chi connectivity index (χ0) is 19.9. The van der Waals surface area contributed by atoms with E-state index >= 15 is 0 Å². The van der Waals surface area contributed by atoms with Gasteiger partial charge in [-0.05, 0) is 53.4 Å². The highest BCUT2D eigenvalue weighted by atomic mass is 19.1. The van der Waals surface area contributed by atoms with Gasteiger partial charge in [-0.1, -0.05) is 55.8 Å². The average molecular weight is 377 g/mol. The Balaban J connectivity index is 1.81. The first-order valence-electron chi connectivity index (χ1n) is 9.51. The van der Waals surface area contributed by atoms with Crippen molar-refractivity contribution in [2.24, 2.45) is 0 Å². The van der Waals surface area contributed by atoms with E-state index in [0.717, 1.165) is 29.5 Å². The molecule has 0 aromatic heterocycles. The fraction of sp³-hybridized carbons (Fsp3) is 0.208. The van der Waals surface area contributed by atoms with Crippen LogP contribution in [0.5, 0.6) is 5.75 Å². The van der Waals surface area contributed by atoms with Crippen LogP contribution in [0.3, 0.4) is 0 Å². The number of phenolic OH excluding ortho intramolecular Hbond substituents is 1. The first kappa shape index (κ1) is 19.6. The smallest absolute Gasteiger partial charge is 0.227 e. The van der Waals surface area contributed by atoms with Crippen molar-refractivity contribution < 1.29 is 14.3 Å². The van der Waals surface area contributed by atoms with Crippen LogP contribution in [-0.4, -0.2) is 11.0 Å². The summed E-state index contributed by atoms with van der Waals surface area (Å²) in [4.78, 5) is 14.4. The summed E-state index contributed by atoms with van der Waals surface area (Å²) in [6.07, 6.45) is 2.19. The number of nitrogens with zero attached hydrogens (tertiary/aromatic N) is 1. The van der Waals surface area contributed by atoms with Crippen LogP contribution in [0.4, 0.5) is 10.1 Å². The van der Waals surface area contributed by atoms with Gasteiger partial charge in [0.1, 0.15) is 11.6 Å². The number of amides is 1. The third kappa shape index (κ3) is 4.97. The molecular formula is C24H24FNO2. The lowest BCUT2D eigenvalue weighted by Crippen LogP contribution is -2.30. The van der Waals surface area contributed by atoms with Crippen molar-refractivity contribution >= 4 is 11.6 Å². The van der Waals surface area contributed by atoms with Gasteiger partial charge >= 0.3 is 0 Å². The minimum absolute atomic E-state index is 0.00457. The molecule has 3 aromatic carbocycles. The Morgan fingerprint density at radius 2 is 1.61 bits per heavy atom. The van der Waals surface area contributed by atoms with Gasteiger partial charge in [0.25, 0.3) is 0 Å². The van der Waals surface area contributed by atoms with Gasteiger partial charge in [0, 0.05) is 12.1 Å². The van der Waals surface area contributed by atoms with E-state index in [4.69, 9.17) is 0 Å². The number of phenols is 1. The number of unbranched alkanes of at least 4 members (excludes halogenated alkanes) is 1. The van der Waals surface area contributed by atoms with Crippen molar-refractivity contribution in [3.63, 3.8) is 0 Å². The lowest BCUT2D eigenvalue weighted by Gasteiger charge is -2.23. The fourth-order valence-electron chi connectivity index (χ4n) is 3.07. The van der Waals surface area contributed by atoms with Crippen molar-refractivity contribution in [1.29, 1.82) is 0 Å². The molecular weight excluding hydrogens is 353 g/mol. The molecule has 0 unspecified atom stereocenters. The third-order valence-electron chi connectivity index (χ3n) is 4.66. The van der Waals surface area contributed by atoms with E-state index in [1.54, 1.807) is 29.2 Å². The number of benzene rings is 3. The van der Waals surface area contributed by atoms with Crippen LogP contribution >= 0.6 is 0 Å². The average Bonchev–Trinajstić information content (AvgIpc) is 2.71. The fourth-order valence-corrected chi connectivity index (χ4v) is 3.07. The van der Waals surface area contributed by atoms with Crippen LogP contribution in [0.1, 0.15) is 31.7 Å². The maximum Gasteiger partial charge on any atom is 0.227 e. The van der Waals surface area contributed by atoms with Crippen LogP contribution in [0.2, 0.25) is 0 Å². The number of aromatic hydroxyl groups is 1. The molecule has 0 heterocycles. The van der Waals surface area contributed by atoms with E-state index in [0.29, 0.717) is 18.7 Å². The van der Waals surface area contributed by atoms with E-state index < -0.39 is 0 Å². The molecule has 28 heavy (non-hydrogen) atoms. The largest absolute Gasteiger partial charge is 0.508 e. The molecule has 0 aliphatic rings. The number of anilines is 1. The van der Waals surface area contributed by atoms with Crippen molar-refractivity contribution in [1.82, 2.24) is 0 Å². The second-order valence-corrected chi connectivity index (χ2v) is 6.81. The lowest BCUT2D eigenvalue weighted by molar-refractivity contribution is -0.118. The molecule has 0 radical (unpaired) electrons. The van der Waals surface area contributed by atoms with Gasteiger partial charge in [-0.2, -0.15) is 0 Å². The summed E-state index contributed by atoms with van der Waals surface area (Å²) in [5.41, 5.74) is 3.57. The highest BCUT2D eigenvalue weighted by Crippen LogP contribution is 2.24. The van der Waals surface area contributed by atoms with E-state index in [1.807, 2.05) is 43.3 Å². The molecule has 0 fully saturated rings. The molecule has 3 nitrogen and oxygen atoms in total. The number of halogens is 1. The number of hydrogen-bond donors (Lipinski definition) is 1. The molecule has 1 N–H and O–H groups in total. The molecule has 3 rings (SSSR count). The molecule has 0 aliphatic carbocycles. The van der Waals surface area contributed by atoms with Gasteiger partial charge in [-0.15, -0.1) is 0 Å². The number of rotatable bonds is 7. The van der Waals surface area contributed by atoms with E-state index in [1.165, 1.54) is 12.1 Å². The predicted octanol–water partition coefficient (Wildman–Crippen LogP) is 5.92. The molecule has 0 spiro atoms. The molecule has 0 bridgehead atoms. The van der Waals surface area contributed by atoms with E-state index in [2.05, 4.69) is 0 Å². The predicted molar refractivity (Wildman–Crippen MR) is 111 cm³/mol. The zero-order valence-electron chi connectivity index (χ0n) is 15.9. The van der Waals surface area contributed by atoms with Crippen LogP contribution < -0.4 is 4.90 Å². The summed E-state index contributed by atoms with van der Waals surface area (Å²) in [6.45, 7) is 2.43. The Hall–Kier alpha value is -3.14. The summed E-state index contributed by atoms with van der Waals surface area (Å²) in [6, 6.07) is 21.1. The van der Waals surface area contributed by atoms with E-state index in [-0.39, 0.29) is 17.5 Å². The number of carbonyl (C=O) groups excluding carboxylic acids is 1. The number of hydrogen-bond acceptors (Lipinski definition) is 2. The van der Waals surface area contributed by atoms with Crippen molar-refractivity contribution in [3.05, 3.63) is 84.2 Å². The quantitative estimate of drug-likeness (QED) is 0.555. The molecule has 4 heteroatoms. The monoisotopic (exact) mass is 377 g/mol. The summed E-state index contributed by atoms with van der Waals surface area (Å²) in [5.74, 6) is -0.125. The second kappa shape index (κ2) is 9.18. The van der Waals surface area contributed by atoms with Gasteiger partial charge in [0.2, 0.25) is 5.91 Å². The SMILES string of the molecule is CCCCC(=O)N(Cc1ccc(-c2ccc(O)cc2)cc1)c1cccc(F)c1. The number of carbonyl (C=O) groups is 1. The summed E-state index contributed by atoms with van der Waals surface area (Å²) < 4.78 is 13.7. The second-order valence-electron chi connectivity index (χ2n) is 6.81. The molecule has 3 aromatic rings. The standard InChI is InChI=1S/C24H24FNO2/c1-2-3-7-24(28)26(22-6-4-5-21(25)16-22)17-18-8-10-19(11-9-18)20-12-14-23(27)15-13-20/h4-6,8-16,27H,2-3,7,17H2,1H3. The van der Waals surface area contributed by atoms with Gasteiger partial charge in [-0.3, -0.25) is 4.79 Å². The molecule has 1 amide bonds. The highest BCUT2D eigenvalue weighted by Gasteiger charge is 2.16. The topological polar surface area (TPSA) is 40.5 Å². The van der Waals surface area contributed by atoms with Crippen LogP contribution in [0.25, 0.3) is 11.1 Å². The molecule has 0 saturated heterocycles.